The first-order valence-electron chi connectivity index (χ1n) is 9.96. The van der Waals surface area contributed by atoms with E-state index in [1.807, 2.05) is 6.07 Å². The molecule has 0 amide bonds. The number of hydrogen-bond donors (Lipinski definition) is 0. The second-order valence-corrected chi connectivity index (χ2v) is 7.80. The Morgan fingerprint density at radius 1 is 1.07 bits per heavy atom. The number of aryl methyl sites for hydroxylation is 2. The van der Waals surface area contributed by atoms with Crippen LogP contribution >= 0.6 is 0 Å². The summed E-state index contributed by atoms with van der Waals surface area (Å²) < 4.78 is 8.47. The fourth-order valence-corrected chi connectivity index (χ4v) is 4.43. The van der Waals surface area contributed by atoms with Crippen LogP contribution in [0.5, 0.6) is 0 Å². The van der Waals surface area contributed by atoms with Crippen molar-refractivity contribution in [2.24, 2.45) is 7.05 Å². The van der Waals surface area contributed by atoms with Crippen LogP contribution in [0.3, 0.4) is 0 Å². The maximum atomic E-state index is 6.29. The molecule has 3 aromatic heterocycles. The van der Waals surface area contributed by atoms with Gasteiger partial charge in [-0.1, -0.05) is 36.3 Å². The quantitative estimate of drug-likeness (QED) is 0.348. The Balaban J connectivity index is 1.75. The van der Waals surface area contributed by atoms with Gasteiger partial charge in [-0.3, -0.25) is 4.81 Å². The number of aromatic nitrogens is 2. The zero-order valence-corrected chi connectivity index (χ0v) is 17.2. The van der Waals surface area contributed by atoms with Gasteiger partial charge in [0.05, 0.1) is 24.2 Å². The summed E-state index contributed by atoms with van der Waals surface area (Å²) in [6, 6.07) is 16.9. The Hall–Kier alpha value is -3.34. The number of allylic oxidation sites excluding steroid dienone is 1. The van der Waals surface area contributed by atoms with Crippen molar-refractivity contribution in [3.8, 4) is 11.1 Å². The van der Waals surface area contributed by atoms with Crippen LogP contribution < -0.4 is 9.38 Å². The lowest BCUT2D eigenvalue weighted by atomic mass is 9.59. The molecule has 5 rings (SSSR count). The minimum absolute atomic E-state index is 0.167. The van der Waals surface area contributed by atoms with Crippen molar-refractivity contribution in [2.75, 3.05) is 4.81 Å². The zero-order chi connectivity index (χ0) is 20.1. The van der Waals surface area contributed by atoms with Crippen molar-refractivity contribution in [3.63, 3.8) is 0 Å². The molecule has 0 unspecified atom stereocenters. The SMILES string of the molecule is CB1C=C(C)c2c(oc3ncccc23)N1c1cc(-c2ccccc2)c(C)c[n+]1C. The fraction of sp³-hybridized carbons (Fsp3) is 0.167. The predicted molar refractivity (Wildman–Crippen MR) is 119 cm³/mol. The molecule has 0 saturated heterocycles. The summed E-state index contributed by atoms with van der Waals surface area (Å²) in [5.74, 6) is 4.25. The van der Waals surface area contributed by atoms with Gasteiger partial charge >= 0.3 is 6.85 Å². The number of nitrogens with zero attached hydrogens (tertiary/aromatic N) is 3. The molecule has 0 bridgehead atoms. The highest BCUT2D eigenvalue weighted by atomic mass is 16.4. The molecule has 5 heteroatoms. The third kappa shape index (κ3) is 2.77. The highest BCUT2D eigenvalue weighted by Gasteiger charge is 2.39. The molecule has 0 fully saturated rings. The van der Waals surface area contributed by atoms with E-state index >= 15 is 0 Å². The number of fused-ring (bicyclic) bond motifs is 3. The van der Waals surface area contributed by atoms with Crippen molar-refractivity contribution in [1.29, 1.82) is 0 Å². The highest BCUT2D eigenvalue weighted by molar-refractivity contribution is 6.70. The molecule has 1 aromatic carbocycles. The van der Waals surface area contributed by atoms with E-state index in [-0.39, 0.29) is 6.85 Å². The van der Waals surface area contributed by atoms with E-state index in [0.29, 0.717) is 5.71 Å². The number of anilines is 2. The van der Waals surface area contributed by atoms with Gasteiger partial charge in [0, 0.05) is 12.3 Å². The number of hydrogen-bond acceptors (Lipinski definition) is 3. The minimum Gasteiger partial charge on any atom is -0.404 e. The smallest absolute Gasteiger partial charge is 0.404 e. The van der Waals surface area contributed by atoms with Gasteiger partial charge in [-0.2, -0.15) is 0 Å². The van der Waals surface area contributed by atoms with Gasteiger partial charge in [0.1, 0.15) is 0 Å². The van der Waals surface area contributed by atoms with Gasteiger partial charge in [0.2, 0.25) is 5.71 Å². The van der Waals surface area contributed by atoms with Crippen molar-refractivity contribution in [3.05, 3.63) is 78.0 Å². The standard InChI is InChI=1S/C24H23BN3O/c1-16-14-25(3)28(24-22(16)19-11-8-12-26-23(19)29-24)21-13-20(17(2)15-27(21)4)18-9-6-5-7-10-18/h5-15H,1-4H3/q+1. The van der Waals surface area contributed by atoms with Crippen LogP contribution in [-0.2, 0) is 7.05 Å². The lowest BCUT2D eigenvalue weighted by molar-refractivity contribution is -0.658. The van der Waals surface area contributed by atoms with Crippen molar-refractivity contribution >= 4 is 35.2 Å². The summed E-state index contributed by atoms with van der Waals surface area (Å²) in [5.41, 5.74) is 6.73. The number of pyridine rings is 2. The monoisotopic (exact) mass is 380 g/mol. The molecule has 0 radical (unpaired) electrons. The van der Waals surface area contributed by atoms with Crippen molar-refractivity contribution in [2.45, 2.75) is 20.7 Å². The Kier molecular flexibility index (Phi) is 4.05. The zero-order valence-electron chi connectivity index (χ0n) is 17.2. The molecule has 29 heavy (non-hydrogen) atoms. The molecule has 4 heterocycles. The summed E-state index contributed by atoms with van der Waals surface area (Å²) >= 11 is 0. The van der Waals surface area contributed by atoms with Crippen LogP contribution in [0.25, 0.3) is 27.8 Å². The van der Waals surface area contributed by atoms with Crippen LogP contribution in [0, 0.1) is 6.92 Å². The number of benzene rings is 1. The summed E-state index contributed by atoms with van der Waals surface area (Å²) in [6.07, 6.45) is 3.97. The van der Waals surface area contributed by atoms with E-state index in [1.54, 1.807) is 6.20 Å². The molecule has 1 aliphatic heterocycles. The van der Waals surface area contributed by atoms with Crippen molar-refractivity contribution in [1.82, 2.24) is 4.98 Å². The Morgan fingerprint density at radius 3 is 2.66 bits per heavy atom. The van der Waals surface area contributed by atoms with Gasteiger partial charge in [-0.25, -0.2) is 9.55 Å². The average Bonchev–Trinajstić information content (AvgIpc) is 3.09. The molecule has 0 spiro atoms. The number of rotatable bonds is 2. The molecular weight excluding hydrogens is 357 g/mol. The third-order valence-electron chi connectivity index (χ3n) is 5.74. The van der Waals surface area contributed by atoms with Gasteiger partial charge in [-0.05, 0) is 55.1 Å². The molecule has 0 atom stereocenters. The van der Waals surface area contributed by atoms with Gasteiger partial charge in [0.25, 0.3) is 11.7 Å². The second-order valence-electron chi connectivity index (χ2n) is 7.80. The van der Waals surface area contributed by atoms with Gasteiger partial charge in [0.15, 0.2) is 0 Å². The predicted octanol–water partition coefficient (Wildman–Crippen LogP) is 5.34. The van der Waals surface area contributed by atoms with Crippen LogP contribution in [0.2, 0.25) is 6.82 Å². The summed E-state index contributed by atoms with van der Waals surface area (Å²) in [6.45, 7) is 6.68. The van der Waals surface area contributed by atoms with Gasteiger partial charge in [-0.15, -0.1) is 0 Å². The third-order valence-corrected chi connectivity index (χ3v) is 5.74. The topological polar surface area (TPSA) is 33.2 Å². The number of furan rings is 1. The second kappa shape index (κ2) is 6.62. The summed E-state index contributed by atoms with van der Waals surface area (Å²) in [4.78, 5) is 6.72. The van der Waals surface area contributed by atoms with E-state index in [1.165, 1.54) is 22.3 Å². The Bertz CT molecular complexity index is 1260. The van der Waals surface area contributed by atoms with Crippen LogP contribution in [0.15, 0.2) is 71.3 Å². The fourth-order valence-electron chi connectivity index (χ4n) is 4.43. The minimum atomic E-state index is 0.167. The maximum Gasteiger partial charge on any atom is 0.406 e. The van der Waals surface area contributed by atoms with Crippen molar-refractivity contribution < 1.29 is 8.98 Å². The molecule has 1 aliphatic rings. The Morgan fingerprint density at radius 2 is 1.86 bits per heavy atom. The maximum absolute atomic E-state index is 6.29. The summed E-state index contributed by atoms with van der Waals surface area (Å²) in [7, 11) is 2.09. The average molecular weight is 380 g/mol. The molecular formula is C24H23BN3O+. The highest BCUT2D eigenvalue weighted by Crippen LogP contribution is 2.43. The van der Waals surface area contributed by atoms with E-state index in [2.05, 4.69) is 96.7 Å². The summed E-state index contributed by atoms with van der Waals surface area (Å²) in [5, 5.41) is 1.06. The van der Waals surface area contributed by atoms with E-state index in [4.69, 9.17) is 4.42 Å². The first-order valence-corrected chi connectivity index (χ1v) is 9.96. The first-order chi connectivity index (χ1) is 14.0. The molecule has 0 N–H and O–H groups in total. The van der Waals surface area contributed by atoms with Crippen LogP contribution in [-0.4, -0.2) is 11.8 Å². The van der Waals surface area contributed by atoms with Crippen LogP contribution in [0.4, 0.5) is 11.7 Å². The molecule has 4 nitrogen and oxygen atoms in total. The normalized spacial score (nSPS) is 13.6. The Labute approximate surface area is 171 Å². The molecule has 4 aromatic rings. The first kappa shape index (κ1) is 17.7. The van der Waals surface area contributed by atoms with Gasteiger partial charge < -0.3 is 4.42 Å². The molecule has 0 aliphatic carbocycles. The van der Waals surface area contributed by atoms with E-state index < -0.39 is 0 Å². The van der Waals surface area contributed by atoms with E-state index in [0.717, 1.165) is 22.7 Å². The largest absolute Gasteiger partial charge is 0.406 e. The van der Waals surface area contributed by atoms with Crippen LogP contribution in [0.1, 0.15) is 18.1 Å². The molecule has 142 valence electrons. The lowest BCUT2D eigenvalue weighted by Gasteiger charge is -2.25. The van der Waals surface area contributed by atoms with E-state index in [9.17, 15) is 0 Å². The molecule has 0 saturated carbocycles. The lowest BCUT2D eigenvalue weighted by Crippen LogP contribution is -2.44.